The minimum atomic E-state index is -0.539. The van der Waals surface area contributed by atoms with Crippen LogP contribution in [-0.4, -0.2) is 85.6 Å². The number of carbonyl (C=O) groups excluding carboxylic acids is 1. The van der Waals surface area contributed by atoms with E-state index in [1.165, 1.54) is 31.2 Å². The number of hydrogen-bond donors (Lipinski definition) is 4. The number of phenols is 1. The molecule has 0 radical (unpaired) electrons. The summed E-state index contributed by atoms with van der Waals surface area (Å²) in [6.07, 6.45) is 6.33. The third-order valence-corrected chi connectivity index (χ3v) is 11.3. The summed E-state index contributed by atoms with van der Waals surface area (Å²) in [5.41, 5.74) is 6.62. The van der Waals surface area contributed by atoms with Crippen LogP contribution in [0.25, 0.3) is 11.1 Å². The van der Waals surface area contributed by atoms with Crippen LogP contribution in [0.3, 0.4) is 0 Å². The molecule has 0 spiro atoms. The number of aliphatic hydroxyl groups excluding tert-OH is 2. The first-order valence-electron chi connectivity index (χ1n) is 19.8. The summed E-state index contributed by atoms with van der Waals surface area (Å²) in [6, 6.07) is 17.8. The number of aromatic hydroxyl groups is 1. The molecule has 2 fully saturated rings. The average molecular weight is 754 g/mol. The number of nitrogens with zero attached hydrogens (tertiary/aromatic N) is 2. The van der Waals surface area contributed by atoms with E-state index in [4.69, 9.17) is 23.9 Å². The van der Waals surface area contributed by atoms with Crippen molar-refractivity contribution in [3.05, 3.63) is 82.5 Å². The second kappa shape index (κ2) is 17.4. The van der Waals surface area contributed by atoms with E-state index in [2.05, 4.69) is 47.5 Å². The minimum absolute atomic E-state index is 0.0450. The van der Waals surface area contributed by atoms with Crippen LogP contribution >= 0.6 is 0 Å². The Morgan fingerprint density at radius 3 is 2.33 bits per heavy atom. The largest absolute Gasteiger partial charge is 0.508 e. The summed E-state index contributed by atoms with van der Waals surface area (Å²) < 4.78 is 25.4. The quantitative estimate of drug-likeness (QED) is 0.0795. The molecule has 3 aromatic carbocycles. The Morgan fingerprint density at radius 1 is 0.927 bits per heavy atom. The van der Waals surface area contributed by atoms with E-state index in [-0.39, 0.29) is 55.5 Å². The van der Waals surface area contributed by atoms with E-state index < -0.39 is 6.10 Å². The molecule has 4 aromatic rings. The number of methoxy groups -OCH3 is 1. The number of ether oxygens (including phenoxy) is 4. The molecule has 2 aliphatic heterocycles. The van der Waals surface area contributed by atoms with Gasteiger partial charge in [0.2, 0.25) is 5.75 Å². The van der Waals surface area contributed by atoms with Gasteiger partial charge in [-0.05, 0) is 91.7 Å². The lowest BCUT2D eigenvalue weighted by Crippen LogP contribution is -2.44. The Kier molecular flexibility index (Phi) is 12.2. The van der Waals surface area contributed by atoms with Crippen LogP contribution < -0.4 is 34.1 Å². The molecule has 55 heavy (non-hydrogen) atoms. The highest BCUT2D eigenvalue weighted by molar-refractivity contribution is 6.05. The lowest BCUT2D eigenvalue weighted by Gasteiger charge is -2.38. The molecule has 11 nitrogen and oxygen atoms in total. The van der Waals surface area contributed by atoms with Gasteiger partial charge in [0.05, 0.1) is 20.3 Å². The fourth-order valence-electron chi connectivity index (χ4n) is 8.24. The number of phenolic OH excluding ortho intramolecular Hbond substituents is 1. The van der Waals surface area contributed by atoms with E-state index in [0.717, 1.165) is 61.5 Å². The number of hydrogen-bond acceptors (Lipinski definition) is 9. The van der Waals surface area contributed by atoms with E-state index >= 15 is 0 Å². The summed E-state index contributed by atoms with van der Waals surface area (Å²) in [4.78, 5) is 19.5. The van der Waals surface area contributed by atoms with Gasteiger partial charge in [0.15, 0.2) is 17.1 Å². The van der Waals surface area contributed by atoms with Gasteiger partial charge in [-0.1, -0.05) is 73.7 Å². The smallest absolute Gasteiger partial charge is 0.335 e. The molecule has 0 bridgehead atoms. The lowest BCUT2D eigenvalue weighted by atomic mass is 9.85. The second-order valence-corrected chi connectivity index (χ2v) is 15.2. The van der Waals surface area contributed by atoms with Crippen LogP contribution in [0.2, 0.25) is 0 Å². The molecule has 1 aliphatic carbocycles. The van der Waals surface area contributed by atoms with Crippen molar-refractivity contribution < 1.29 is 39.1 Å². The Morgan fingerprint density at radius 2 is 1.64 bits per heavy atom. The number of anilines is 1. The Labute approximate surface area is 323 Å². The molecule has 1 aromatic heterocycles. The van der Waals surface area contributed by atoms with Gasteiger partial charge in [-0.3, -0.25) is 4.79 Å². The highest BCUT2D eigenvalue weighted by Crippen LogP contribution is 2.53. The molecule has 7 rings (SSSR count). The summed E-state index contributed by atoms with van der Waals surface area (Å²) in [7, 11) is 1.54. The minimum Gasteiger partial charge on any atom is -0.508 e. The molecule has 5 N–H and O–H groups in total. The molecule has 3 aliphatic rings. The number of fused-ring (bicyclic) bond motifs is 1. The number of benzene rings is 3. The maximum atomic E-state index is 11.7. The van der Waals surface area contributed by atoms with Crippen LogP contribution in [0.1, 0.15) is 85.9 Å². The number of ketones is 1. The second-order valence-electron chi connectivity index (χ2n) is 15.2. The highest BCUT2D eigenvalue weighted by atomic mass is 16.5. The first kappa shape index (κ1) is 38.6. The highest BCUT2D eigenvalue weighted by Gasteiger charge is 2.41. The van der Waals surface area contributed by atoms with Crippen LogP contribution in [0, 0.1) is 0 Å². The van der Waals surface area contributed by atoms with Crippen molar-refractivity contribution in [3.8, 4) is 39.9 Å². The number of piperazine rings is 1. The third-order valence-electron chi connectivity index (χ3n) is 11.3. The monoisotopic (exact) mass is 753 g/mol. The molecule has 1 saturated heterocycles. The van der Waals surface area contributed by atoms with Crippen molar-refractivity contribution in [3.63, 3.8) is 0 Å². The number of nitrogens with one attached hydrogen (secondary N) is 1. The van der Waals surface area contributed by atoms with Crippen LogP contribution in [0.4, 0.5) is 5.82 Å². The van der Waals surface area contributed by atoms with Gasteiger partial charge in [-0.2, -0.15) is 0 Å². The van der Waals surface area contributed by atoms with Crippen molar-refractivity contribution in [2.75, 3.05) is 64.6 Å². The zero-order chi connectivity index (χ0) is 38.4. The fraction of sp³-hybridized carbons (Fsp3) is 0.477. The van der Waals surface area contributed by atoms with Crippen LogP contribution in [-0.2, 0) is 18.3 Å². The first-order chi connectivity index (χ1) is 26.8. The predicted molar refractivity (Wildman–Crippen MR) is 213 cm³/mol. The molecule has 0 amide bonds. The summed E-state index contributed by atoms with van der Waals surface area (Å²) in [5.74, 6) is 2.77. The van der Waals surface area contributed by atoms with Crippen molar-refractivity contribution >= 4 is 11.6 Å². The number of aromatic nitrogens is 1. The van der Waals surface area contributed by atoms with E-state index in [1.54, 1.807) is 24.3 Å². The van der Waals surface area contributed by atoms with Crippen molar-refractivity contribution in [2.24, 2.45) is 0 Å². The van der Waals surface area contributed by atoms with E-state index in [0.29, 0.717) is 54.1 Å². The molecule has 3 heterocycles. The third kappa shape index (κ3) is 8.29. The first-order valence-corrected chi connectivity index (χ1v) is 19.8. The van der Waals surface area contributed by atoms with Crippen LogP contribution in [0.15, 0.2) is 54.6 Å². The Hall–Kier alpha value is -4.71. The van der Waals surface area contributed by atoms with Crippen molar-refractivity contribution in [1.82, 2.24) is 10.3 Å². The summed E-state index contributed by atoms with van der Waals surface area (Å²) in [5, 5.41) is 32.6. The molecule has 1 saturated carbocycles. The van der Waals surface area contributed by atoms with Gasteiger partial charge in [-0.15, -0.1) is 0 Å². The topological polar surface area (TPSA) is 148 Å². The SMILES string of the molecule is COc1c(OCCCO)c(CCc2cccc(-c3cc(C4(C)CCCC4)[n-]c3N3CCNCC3)c2)c2c(c1OCCCO)C(=[OH+])CC(c1ccc(O)cc1)O2. The average Bonchev–Trinajstić information content (AvgIpc) is 3.86. The molecule has 11 heteroatoms. The van der Waals surface area contributed by atoms with Gasteiger partial charge in [0, 0.05) is 31.6 Å². The normalized spacial score (nSPS) is 17.9. The summed E-state index contributed by atoms with van der Waals surface area (Å²) >= 11 is 0. The van der Waals surface area contributed by atoms with E-state index in [1.807, 2.05) is 0 Å². The zero-order valence-corrected chi connectivity index (χ0v) is 32.1. The van der Waals surface area contributed by atoms with Gasteiger partial charge >= 0.3 is 5.78 Å². The molecule has 294 valence electrons. The fourth-order valence-corrected chi connectivity index (χ4v) is 8.24. The number of rotatable bonds is 16. The van der Waals surface area contributed by atoms with Crippen LogP contribution in [0.5, 0.6) is 28.7 Å². The molecule has 1 unspecified atom stereocenters. The number of aryl methyl sites for hydroxylation is 1. The van der Waals surface area contributed by atoms with Gasteiger partial charge < -0.3 is 49.5 Å². The lowest BCUT2D eigenvalue weighted by molar-refractivity contribution is 0.188. The van der Waals surface area contributed by atoms with Crippen molar-refractivity contribution in [2.45, 2.75) is 76.2 Å². The van der Waals surface area contributed by atoms with Gasteiger partial charge in [0.1, 0.15) is 24.0 Å². The maximum Gasteiger partial charge on any atom is 0.335 e. The molecule has 1 atom stereocenters. The number of aliphatic hydroxyl groups is 2. The molecular formula is C44H55N3O8. The zero-order valence-electron chi connectivity index (χ0n) is 32.1. The predicted octanol–water partition coefficient (Wildman–Crippen LogP) is 5.99. The van der Waals surface area contributed by atoms with Gasteiger partial charge in [0.25, 0.3) is 0 Å². The Balaban J connectivity index is 1.28. The maximum absolute atomic E-state index is 11.7. The Bertz CT molecular complexity index is 1930. The summed E-state index contributed by atoms with van der Waals surface area (Å²) in [6.45, 7) is 6.37. The standard InChI is InChI=1S/C44H54N3O8/c1-44(16-3-4-17-44)37-27-34(43(46-37)47-20-18-45-19-21-47)31-9-5-8-29(26-31)10-15-33-39-38(35(51)28-36(55-39)30-11-13-32(50)14-12-30)41(54-25-7-23-49)42(52-2)40(33)53-24-6-22-48/h5,8-9,11-14,26-27,36,45,48-50H,3-4,6-7,10,15-25,28H2,1-2H3/q-1/p+1. The van der Waals surface area contributed by atoms with Gasteiger partial charge in [-0.25, -0.2) is 0 Å². The molecular weight excluding hydrogens is 698 g/mol. The van der Waals surface area contributed by atoms with Crippen molar-refractivity contribution in [1.29, 1.82) is 0 Å². The van der Waals surface area contributed by atoms with E-state index in [9.17, 15) is 20.1 Å².